The van der Waals surface area contributed by atoms with Gasteiger partial charge in [-0.25, -0.2) is 9.59 Å². The number of rotatable bonds is 7. The number of carbonyl (C=O) groups is 2. The highest BCUT2D eigenvalue weighted by Gasteiger charge is 2.21. The highest BCUT2D eigenvalue weighted by molar-refractivity contribution is 14.1. The van der Waals surface area contributed by atoms with Crippen molar-refractivity contribution >= 4 is 34.7 Å². The molecule has 0 bridgehead atoms. The normalized spacial score (nSPS) is 11.7. The minimum absolute atomic E-state index is 0.228. The number of ether oxygens (including phenoxy) is 3. The summed E-state index contributed by atoms with van der Waals surface area (Å²) >= 11 is 2.22. The molecule has 0 N–H and O–H groups in total. The van der Waals surface area contributed by atoms with Crippen molar-refractivity contribution in [2.75, 3.05) is 26.8 Å². The van der Waals surface area contributed by atoms with Gasteiger partial charge in [-0.15, -0.1) is 0 Å². The molecule has 0 aliphatic rings. The van der Waals surface area contributed by atoms with Crippen LogP contribution in [0.4, 0.5) is 4.79 Å². The molecule has 1 aromatic rings. The molecule has 1 amide bonds. The van der Waals surface area contributed by atoms with E-state index >= 15 is 0 Å². The molecule has 0 radical (unpaired) electrons. The minimum atomic E-state index is -0.604. The second-order valence-corrected chi connectivity index (χ2v) is 7.85. The maximum Gasteiger partial charge on any atom is 0.410 e. The Morgan fingerprint density at radius 3 is 2.35 bits per heavy atom. The van der Waals surface area contributed by atoms with Crippen LogP contribution in [-0.2, 0) is 14.3 Å². The maximum absolute atomic E-state index is 12.4. The first-order chi connectivity index (χ1) is 12.1. The molecule has 0 fully saturated rings. The zero-order chi connectivity index (χ0) is 19.7. The average Bonchev–Trinajstić information content (AvgIpc) is 2.56. The summed E-state index contributed by atoms with van der Waals surface area (Å²) < 4.78 is 16.9. The molecular formula is C19H26INO5. The largest absolute Gasteiger partial charge is 0.492 e. The Morgan fingerprint density at radius 1 is 1.19 bits per heavy atom. The van der Waals surface area contributed by atoms with Gasteiger partial charge in [0.15, 0.2) is 0 Å². The van der Waals surface area contributed by atoms with Gasteiger partial charge in [0.25, 0.3) is 0 Å². The first-order valence-corrected chi connectivity index (χ1v) is 9.31. The van der Waals surface area contributed by atoms with Gasteiger partial charge in [0.2, 0.25) is 0 Å². The van der Waals surface area contributed by atoms with Crippen LogP contribution in [0.1, 0.15) is 27.7 Å². The Kier molecular flexibility index (Phi) is 8.91. The van der Waals surface area contributed by atoms with E-state index < -0.39 is 17.7 Å². The number of hydrogen-bond acceptors (Lipinski definition) is 5. The van der Waals surface area contributed by atoms with Crippen LogP contribution in [0.2, 0.25) is 0 Å². The predicted octanol–water partition coefficient (Wildman–Crippen LogP) is 4.03. The van der Waals surface area contributed by atoms with Crippen LogP contribution in [-0.4, -0.2) is 49.4 Å². The zero-order valence-electron chi connectivity index (χ0n) is 15.9. The van der Waals surface area contributed by atoms with Gasteiger partial charge >= 0.3 is 12.1 Å². The molecule has 7 heteroatoms. The van der Waals surface area contributed by atoms with E-state index in [1.807, 2.05) is 24.3 Å². The van der Waals surface area contributed by atoms with Crippen LogP contribution < -0.4 is 4.74 Å². The van der Waals surface area contributed by atoms with Crippen molar-refractivity contribution in [1.29, 1.82) is 0 Å². The van der Waals surface area contributed by atoms with Gasteiger partial charge in [-0.05, 0) is 74.6 Å². The van der Waals surface area contributed by atoms with Crippen molar-refractivity contribution in [3.63, 3.8) is 0 Å². The predicted molar refractivity (Wildman–Crippen MR) is 108 cm³/mol. The Hall–Kier alpha value is -1.77. The number of halogens is 1. The Labute approximate surface area is 168 Å². The fourth-order valence-electron chi connectivity index (χ4n) is 1.88. The Bertz CT molecular complexity index is 634. The number of nitrogens with zero attached hydrogens (tertiary/aromatic N) is 1. The molecule has 1 aromatic carbocycles. The highest BCUT2D eigenvalue weighted by Crippen LogP contribution is 2.14. The van der Waals surface area contributed by atoms with Crippen molar-refractivity contribution in [3.05, 3.63) is 39.5 Å². The maximum atomic E-state index is 12.4. The summed E-state index contributed by atoms with van der Waals surface area (Å²) in [6.45, 7) is 7.92. The van der Waals surface area contributed by atoms with E-state index in [-0.39, 0.29) is 6.54 Å². The van der Waals surface area contributed by atoms with Crippen molar-refractivity contribution in [3.8, 4) is 5.75 Å². The summed E-state index contributed by atoms with van der Waals surface area (Å²) in [5, 5.41) is 0. The standard InChI is InChI=1S/C19H26INO5/c1-14(17(22)24-5)10-11-21(18(23)26-19(2,3)4)12-13-25-16-8-6-15(20)7-9-16/h6-10H,11-13H2,1-5H3/b14-10+. The van der Waals surface area contributed by atoms with Gasteiger partial charge in [0.05, 0.1) is 13.7 Å². The second kappa shape index (κ2) is 10.4. The quantitative estimate of drug-likeness (QED) is 0.339. The number of methoxy groups -OCH3 is 1. The van der Waals surface area contributed by atoms with E-state index in [0.29, 0.717) is 18.7 Å². The molecule has 0 aromatic heterocycles. The summed E-state index contributed by atoms with van der Waals surface area (Å²) in [4.78, 5) is 25.4. The van der Waals surface area contributed by atoms with Gasteiger partial charge in [-0.3, -0.25) is 0 Å². The topological polar surface area (TPSA) is 65.1 Å². The molecule has 0 saturated heterocycles. The average molecular weight is 475 g/mol. The smallest absolute Gasteiger partial charge is 0.410 e. The van der Waals surface area contributed by atoms with Crippen LogP contribution in [0.25, 0.3) is 0 Å². The molecule has 0 aliphatic carbocycles. The van der Waals surface area contributed by atoms with E-state index in [4.69, 9.17) is 9.47 Å². The zero-order valence-corrected chi connectivity index (χ0v) is 18.0. The summed E-state index contributed by atoms with van der Waals surface area (Å²) in [5.74, 6) is 0.306. The van der Waals surface area contributed by atoms with Crippen LogP contribution >= 0.6 is 22.6 Å². The molecule has 1 rings (SSSR count). The van der Waals surface area contributed by atoms with Gasteiger partial charge in [-0.2, -0.15) is 0 Å². The summed E-state index contributed by atoms with van der Waals surface area (Å²) in [6, 6.07) is 7.65. The van der Waals surface area contributed by atoms with Gasteiger partial charge < -0.3 is 19.1 Å². The Morgan fingerprint density at radius 2 is 1.81 bits per heavy atom. The highest BCUT2D eigenvalue weighted by atomic mass is 127. The van der Waals surface area contributed by atoms with Crippen molar-refractivity contribution in [2.45, 2.75) is 33.3 Å². The van der Waals surface area contributed by atoms with E-state index in [2.05, 4.69) is 27.3 Å². The van der Waals surface area contributed by atoms with Gasteiger partial charge in [0.1, 0.15) is 18.0 Å². The third-order valence-electron chi connectivity index (χ3n) is 3.22. The third kappa shape index (κ3) is 8.55. The summed E-state index contributed by atoms with van der Waals surface area (Å²) in [5.41, 5.74) is -0.174. The molecule has 0 atom stereocenters. The van der Waals surface area contributed by atoms with E-state index in [0.717, 1.165) is 9.32 Å². The fraction of sp³-hybridized carbons (Fsp3) is 0.474. The lowest BCUT2D eigenvalue weighted by Crippen LogP contribution is -2.39. The third-order valence-corrected chi connectivity index (χ3v) is 3.94. The molecule has 26 heavy (non-hydrogen) atoms. The van der Waals surface area contributed by atoms with Crippen LogP contribution in [0.5, 0.6) is 5.75 Å². The second-order valence-electron chi connectivity index (χ2n) is 6.61. The molecule has 0 saturated carbocycles. The monoisotopic (exact) mass is 475 g/mol. The summed E-state index contributed by atoms with van der Waals surface area (Å²) in [7, 11) is 1.32. The molecule has 0 spiro atoms. The molecule has 0 unspecified atom stereocenters. The molecule has 0 heterocycles. The first-order valence-electron chi connectivity index (χ1n) is 8.24. The van der Waals surface area contributed by atoms with E-state index in [1.165, 1.54) is 12.0 Å². The molecule has 144 valence electrons. The van der Waals surface area contributed by atoms with Crippen LogP contribution in [0.3, 0.4) is 0 Å². The van der Waals surface area contributed by atoms with E-state index in [1.54, 1.807) is 33.8 Å². The van der Waals surface area contributed by atoms with Crippen molar-refractivity contribution < 1.29 is 23.8 Å². The number of benzene rings is 1. The van der Waals surface area contributed by atoms with Gasteiger partial charge in [-0.1, -0.05) is 6.08 Å². The SMILES string of the molecule is COC(=O)/C(C)=C/CN(CCOc1ccc(I)cc1)C(=O)OC(C)(C)C. The van der Waals surface area contributed by atoms with Crippen LogP contribution in [0, 0.1) is 3.57 Å². The molecular weight excluding hydrogens is 449 g/mol. The van der Waals surface area contributed by atoms with Crippen molar-refractivity contribution in [1.82, 2.24) is 4.90 Å². The fourth-order valence-corrected chi connectivity index (χ4v) is 2.24. The first kappa shape index (κ1) is 22.3. The lowest BCUT2D eigenvalue weighted by molar-refractivity contribution is -0.136. The molecule has 0 aliphatic heterocycles. The minimum Gasteiger partial charge on any atom is -0.492 e. The molecule has 6 nitrogen and oxygen atoms in total. The number of amides is 1. The lowest BCUT2D eigenvalue weighted by Gasteiger charge is -2.26. The van der Waals surface area contributed by atoms with E-state index in [9.17, 15) is 9.59 Å². The number of esters is 1. The Balaban J connectivity index is 2.71. The number of carbonyl (C=O) groups excluding carboxylic acids is 2. The lowest BCUT2D eigenvalue weighted by atomic mass is 10.2. The van der Waals surface area contributed by atoms with Gasteiger partial charge in [0, 0.05) is 15.7 Å². The number of hydrogen-bond donors (Lipinski definition) is 0. The van der Waals surface area contributed by atoms with Crippen LogP contribution in [0.15, 0.2) is 35.9 Å². The van der Waals surface area contributed by atoms with Crippen molar-refractivity contribution in [2.24, 2.45) is 0 Å². The summed E-state index contributed by atoms with van der Waals surface area (Å²) in [6.07, 6.45) is 1.18.